The van der Waals surface area contributed by atoms with Crippen molar-refractivity contribution < 1.29 is 28.6 Å². The molecule has 0 aromatic rings. The number of amides is 2. The molecule has 1 atom stereocenters. The fourth-order valence-electron chi connectivity index (χ4n) is 1.64. The molecule has 0 aliphatic heterocycles. The molecular formula is C16H26N2O6. The first-order chi connectivity index (χ1) is 10.8. The topological polar surface area (TPSA) is 106 Å². The summed E-state index contributed by atoms with van der Waals surface area (Å²) in [6, 6.07) is 0.562. The number of ether oxygens (including phenoxy) is 3. The molecule has 0 unspecified atom stereocenters. The third-order valence-electron chi connectivity index (χ3n) is 2.49. The molecule has 0 N–H and O–H groups in total. The normalized spacial score (nSPS) is 12.6. The van der Waals surface area contributed by atoms with Gasteiger partial charge in [0.05, 0.1) is 13.2 Å². The van der Waals surface area contributed by atoms with Crippen LogP contribution in [0.25, 0.3) is 0 Å². The Kier molecular flexibility index (Phi) is 7.71. The van der Waals surface area contributed by atoms with E-state index in [1.54, 1.807) is 41.5 Å². The van der Waals surface area contributed by atoms with Crippen LogP contribution in [0.4, 0.5) is 9.59 Å². The van der Waals surface area contributed by atoms with Gasteiger partial charge in [-0.3, -0.25) is 0 Å². The molecule has 0 fully saturated rings. The summed E-state index contributed by atoms with van der Waals surface area (Å²) in [5.74, 6) is -0.832. The number of rotatable bonds is 4. The summed E-state index contributed by atoms with van der Waals surface area (Å²) >= 11 is 0. The second-order valence-electron chi connectivity index (χ2n) is 7.07. The van der Waals surface area contributed by atoms with E-state index in [1.807, 2.05) is 6.07 Å². The Bertz CT molecular complexity index is 482. The summed E-state index contributed by atoms with van der Waals surface area (Å²) in [6.45, 7) is 9.75. The summed E-state index contributed by atoms with van der Waals surface area (Å²) in [5, 5.41) is 8.75. The minimum absolute atomic E-state index is 0.0537. The molecule has 136 valence electrons. The third kappa shape index (κ3) is 7.81. The second-order valence-corrected chi connectivity index (χ2v) is 7.07. The van der Waals surface area contributed by atoms with Crippen LogP contribution in [0.15, 0.2) is 0 Å². The zero-order valence-electron chi connectivity index (χ0n) is 15.3. The molecule has 0 saturated carbocycles. The highest BCUT2D eigenvalue weighted by Crippen LogP contribution is 2.19. The van der Waals surface area contributed by atoms with E-state index in [0.29, 0.717) is 4.90 Å². The van der Waals surface area contributed by atoms with Crippen molar-refractivity contribution >= 4 is 18.2 Å². The van der Waals surface area contributed by atoms with E-state index in [0.717, 1.165) is 7.11 Å². The highest BCUT2D eigenvalue weighted by Gasteiger charge is 2.40. The highest BCUT2D eigenvalue weighted by atomic mass is 16.6. The summed E-state index contributed by atoms with van der Waals surface area (Å²) in [6.07, 6.45) is -2.21. The molecule has 0 radical (unpaired) electrons. The summed E-state index contributed by atoms with van der Waals surface area (Å²) in [7, 11) is 1.13. The molecule has 2 amide bonds. The van der Waals surface area contributed by atoms with E-state index in [1.165, 1.54) is 0 Å². The lowest BCUT2D eigenvalue weighted by Gasteiger charge is -2.31. The predicted molar refractivity (Wildman–Crippen MR) is 85.0 cm³/mol. The fraction of sp³-hybridized carbons (Fsp3) is 0.750. The number of hydrogen-bond acceptors (Lipinski definition) is 7. The molecular weight excluding hydrogens is 317 g/mol. The van der Waals surface area contributed by atoms with Gasteiger partial charge >= 0.3 is 18.2 Å². The molecule has 8 heteroatoms. The molecule has 0 saturated heterocycles. The molecule has 0 aliphatic carbocycles. The number of imide groups is 1. The van der Waals surface area contributed by atoms with Gasteiger partial charge in [-0.25, -0.2) is 14.4 Å². The van der Waals surface area contributed by atoms with Crippen molar-refractivity contribution in [2.45, 2.75) is 71.6 Å². The summed E-state index contributed by atoms with van der Waals surface area (Å²) in [5.41, 5.74) is -1.76. The van der Waals surface area contributed by atoms with Crippen molar-refractivity contribution in [3.05, 3.63) is 0 Å². The van der Waals surface area contributed by atoms with Gasteiger partial charge in [-0.1, -0.05) is 0 Å². The average molecular weight is 343 g/mol. The van der Waals surface area contributed by atoms with Crippen molar-refractivity contribution in [2.75, 3.05) is 7.11 Å². The minimum atomic E-state index is -1.31. The third-order valence-corrected chi connectivity index (χ3v) is 2.49. The Hall–Kier alpha value is -2.30. The van der Waals surface area contributed by atoms with E-state index < -0.39 is 35.4 Å². The van der Waals surface area contributed by atoms with Gasteiger partial charge in [-0.2, -0.15) is 10.2 Å². The summed E-state index contributed by atoms with van der Waals surface area (Å²) in [4.78, 5) is 37.4. The van der Waals surface area contributed by atoms with Crippen molar-refractivity contribution in [3.63, 3.8) is 0 Å². The van der Waals surface area contributed by atoms with Gasteiger partial charge in [-0.05, 0) is 48.0 Å². The van der Waals surface area contributed by atoms with E-state index in [-0.39, 0.29) is 12.8 Å². The molecule has 8 nitrogen and oxygen atoms in total. The van der Waals surface area contributed by atoms with Crippen LogP contribution in [0.2, 0.25) is 0 Å². The van der Waals surface area contributed by atoms with E-state index in [2.05, 4.69) is 4.74 Å². The van der Waals surface area contributed by atoms with Gasteiger partial charge in [0.15, 0.2) is 0 Å². The van der Waals surface area contributed by atoms with Crippen molar-refractivity contribution in [1.82, 2.24) is 4.90 Å². The lowest BCUT2D eigenvalue weighted by Crippen LogP contribution is -2.52. The first-order valence-corrected chi connectivity index (χ1v) is 7.52. The SMILES string of the molecule is COC(=O)[C@H](CC[13C]#N)N(C(=O)OC(C)(C)C)C(=O)OC(C)(C)C. The molecule has 0 heterocycles. The van der Waals surface area contributed by atoms with Gasteiger partial charge in [0, 0.05) is 6.42 Å². The van der Waals surface area contributed by atoms with Crippen LogP contribution in [-0.2, 0) is 19.0 Å². The zero-order valence-corrected chi connectivity index (χ0v) is 15.3. The van der Waals surface area contributed by atoms with Crippen LogP contribution in [0.1, 0.15) is 54.4 Å². The van der Waals surface area contributed by atoms with E-state index in [9.17, 15) is 14.4 Å². The average Bonchev–Trinajstić information content (AvgIpc) is 2.38. The highest BCUT2D eigenvalue weighted by molar-refractivity contribution is 5.94. The molecule has 0 rings (SSSR count). The zero-order chi connectivity index (χ0) is 19.1. The fourth-order valence-corrected chi connectivity index (χ4v) is 1.64. The smallest absolute Gasteiger partial charge is 0.420 e. The first kappa shape index (κ1) is 21.7. The van der Waals surface area contributed by atoms with Gasteiger partial charge in [0.2, 0.25) is 0 Å². The molecule has 0 bridgehead atoms. The van der Waals surface area contributed by atoms with E-state index >= 15 is 0 Å². The lowest BCUT2D eigenvalue weighted by atomic mass is 10.1. The number of hydrogen-bond donors (Lipinski definition) is 0. The maximum Gasteiger partial charge on any atom is 0.420 e. The quantitative estimate of drug-likeness (QED) is 0.439. The van der Waals surface area contributed by atoms with Crippen LogP contribution >= 0.6 is 0 Å². The van der Waals surface area contributed by atoms with Gasteiger partial charge < -0.3 is 14.2 Å². The number of esters is 1. The molecule has 0 aromatic carbocycles. The molecule has 0 aliphatic rings. The van der Waals surface area contributed by atoms with Crippen molar-refractivity contribution in [2.24, 2.45) is 0 Å². The van der Waals surface area contributed by atoms with Gasteiger partial charge in [0.1, 0.15) is 17.2 Å². The van der Waals surface area contributed by atoms with Crippen LogP contribution in [0.3, 0.4) is 0 Å². The van der Waals surface area contributed by atoms with Crippen molar-refractivity contribution in [1.29, 1.82) is 5.26 Å². The first-order valence-electron chi connectivity index (χ1n) is 7.52. The van der Waals surface area contributed by atoms with Crippen LogP contribution in [0.5, 0.6) is 0 Å². The Morgan fingerprint density at radius 1 is 1.00 bits per heavy atom. The van der Waals surface area contributed by atoms with Crippen LogP contribution < -0.4 is 0 Å². The Morgan fingerprint density at radius 3 is 1.71 bits per heavy atom. The van der Waals surface area contributed by atoms with Crippen LogP contribution in [-0.4, -0.2) is 47.4 Å². The molecule has 24 heavy (non-hydrogen) atoms. The maximum absolute atomic E-state index is 12.4. The molecule has 0 aromatic heterocycles. The Balaban J connectivity index is 5.70. The van der Waals surface area contributed by atoms with Crippen LogP contribution in [0, 0.1) is 11.3 Å². The summed E-state index contributed by atoms with van der Waals surface area (Å²) < 4.78 is 15.0. The number of methoxy groups -OCH3 is 1. The number of carbonyl (C=O) groups is 3. The van der Waals surface area contributed by atoms with Gasteiger partial charge in [0.25, 0.3) is 0 Å². The monoisotopic (exact) mass is 343 g/mol. The molecule has 0 spiro atoms. The predicted octanol–water partition coefficient (Wildman–Crippen LogP) is 3.00. The lowest BCUT2D eigenvalue weighted by molar-refractivity contribution is -0.146. The number of carbonyl (C=O) groups excluding carboxylic acids is 3. The maximum atomic E-state index is 12.4. The largest absolute Gasteiger partial charge is 0.467 e. The van der Waals surface area contributed by atoms with Crippen molar-refractivity contribution in [3.8, 4) is 6.07 Å². The van der Waals surface area contributed by atoms with Gasteiger partial charge in [-0.15, -0.1) is 0 Å². The number of nitriles is 1. The second kappa shape index (κ2) is 8.52. The number of nitrogens with zero attached hydrogens (tertiary/aromatic N) is 2. The minimum Gasteiger partial charge on any atom is -0.467 e. The van der Waals surface area contributed by atoms with E-state index in [4.69, 9.17) is 14.7 Å². The standard InChI is InChI=1S/C16H26N2O6/c1-15(2,3)23-13(20)18(14(21)24-16(4,5)6)11(9-8-10-17)12(19)22-7/h11H,8-9H2,1-7H3/t11-/m0/s1/i10+1. The Labute approximate surface area is 142 Å². The Morgan fingerprint density at radius 2 is 1.42 bits per heavy atom.